The quantitative estimate of drug-likeness (QED) is 0.812. The molecule has 1 aromatic heterocycles. The minimum atomic E-state index is -2.80. The van der Waals surface area contributed by atoms with E-state index in [1.807, 2.05) is 12.1 Å². The summed E-state index contributed by atoms with van der Waals surface area (Å²) in [4.78, 5) is 6.39. The van der Waals surface area contributed by atoms with Gasteiger partial charge in [-0.05, 0) is 41.8 Å². The highest BCUT2D eigenvalue weighted by molar-refractivity contribution is 5.29. The van der Waals surface area contributed by atoms with Crippen LogP contribution in [0.2, 0.25) is 0 Å². The van der Waals surface area contributed by atoms with Crippen molar-refractivity contribution in [3.8, 4) is 5.75 Å². The maximum atomic E-state index is 12.2. The molecule has 0 amide bonds. The highest BCUT2D eigenvalue weighted by Gasteiger charge is 2.21. The molecule has 1 saturated heterocycles. The van der Waals surface area contributed by atoms with Crippen molar-refractivity contribution in [2.24, 2.45) is 0 Å². The van der Waals surface area contributed by atoms with Gasteiger partial charge in [-0.2, -0.15) is 8.78 Å². The van der Waals surface area contributed by atoms with E-state index in [-0.39, 0.29) is 11.9 Å². The summed E-state index contributed by atoms with van der Waals surface area (Å²) in [5.74, 6) is 0.166. The highest BCUT2D eigenvalue weighted by atomic mass is 19.3. The topological polar surface area (TPSA) is 34.6 Å². The van der Waals surface area contributed by atoms with Crippen molar-refractivity contribution < 1.29 is 18.3 Å². The summed E-state index contributed by atoms with van der Waals surface area (Å²) in [7, 11) is 0. The molecule has 1 atom stereocenters. The van der Waals surface area contributed by atoms with Gasteiger partial charge in [0.2, 0.25) is 0 Å². The Labute approximate surface area is 140 Å². The van der Waals surface area contributed by atoms with Gasteiger partial charge in [0.1, 0.15) is 5.75 Å². The largest absolute Gasteiger partial charge is 0.435 e. The van der Waals surface area contributed by atoms with Crippen LogP contribution in [-0.4, -0.2) is 42.7 Å². The van der Waals surface area contributed by atoms with Crippen LogP contribution in [-0.2, 0) is 11.2 Å². The first-order valence-electron chi connectivity index (χ1n) is 7.98. The van der Waals surface area contributed by atoms with Gasteiger partial charge in [0.05, 0.1) is 12.7 Å². The smallest absolute Gasteiger partial charge is 0.387 e. The maximum absolute atomic E-state index is 12.2. The lowest BCUT2D eigenvalue weighted by Crippen LogP contribution is -2.39. The standard InChI is InChI=1S/C18H20F2N2O2/c19-18(20)24-16-3-1-15(2-4-16)17-13-22(11-12-23-17)10-7-14-5-8-21-9-6-14/h1-6,8-9,17-18H,7,10-13H2. The molecule has 6 heteroatoms. The molecule has 1 aliphatic heterocycles. The SMILES string of the molecule is FC(F)Oc1ccc(C2CN(CCc3ccncc3)CCO2)cc1. The number of pyridine rings is 1. The van der Waals surface area contributed by atoms with Crippen LogP contribution in [0.1, 0.15) is 17.2 Å². The zero-order chi connectivity index (χ0) is 16.8. The number of hydrogen-bond acceptors (Lipinski definition) is 4. The number of halogens is 2. The summed E-state index contributed by atoms with van der Waals surface area (Å²) in [5.41, 5.74) is 2.24. The Hall–Kier alpha value is -2.05. The van der Waals surface area contributed by atoms with Gasteiger partial charge in [-0.15, -0.1) is 0 Å². The van der Waals surface area contributed by atoms with E-state index in [2.05, 4.69) is 14.6 Å². The summed E-state index contributed by atoms with van der Waals surface area (Å²) in [6, 6.07) is 10.7. The maximum Gasteiger partial charge on any atom is 0.387 e. The molecule has 0 bridgehead atoms. The Morgan fingerprint density at radius 3 is 2.62 bits per heavy atom. The summed E-state index contributed by atoms with van der Waals surface area (Å²) in [5, 5.41) is 0. The van der Waals surface area contributed by atoms with Gasteiger partial charge in [-0.25, -0.2) is 0 Å². The monoisotopic (exact) mass is 334 g/mol. The van der Waals surface area contributed by atoms with Crippen molar-refractivity contribution in [1.82, 2.24) is 9.88 Å². The minimum absolute atomic E-state index is 0.0446. The molecule has 128 valence electrons. The Kier molecular flexibility index (Phi) is 5.72. The molecule has 0 N–H and O–H groups in total. The van der Waals surface area contributed by atoms with Crippen molar-refractivity contribution in [2.75, 3.05) is 26.2 Å². The molecule has 1 unspecified atom stereocenters. The van der Waals surface area contributed by atoms with E-state index in [1.54, 1.807) is 36.7 Å². The molecule has 4 nitrogen and oxygen atoms in total. The molecule has 2 heterocycles. The molecule has 0 aliphatic carbocycles. The number of hydrogen-bond donors (Lipinski definition) is 0. The van der Waals surface area contributed by atoms with Crippen molar-refractivity contribution in [2.45, 2.75) is 19.1 Å². The first-order chi connectivity index (χ1) is 11.7. The van der Waals surface area contributed by atoms with E-state index in [0.717, 1.165) is 31.6 Å². The third-order valence-corrected chi connectivity index (χ3v) is 4.09. The third kappa shape index (κ3) is 4.72. The lowest BCUT2D eigenvalue weighted by atomic mass is 10.1. The number of aromatic nitrogens is 1. The Balaban J connectivity index is 1.55. The van der Waals surface area contributed by atoms with E-state index >= 15 is 0 Å². The molecule has 1 aromatic carbocycles. The Bertz CT molecular complexity index is 623. The lowest BCUT2D eigenvalue weighted by molar-refractivity contribution is -0.0500. The van der Waals surface area contributed by atoms with Crippen LogP contribution in [0.15, 0.2) is 48.8 Å². The highest BCUT2D eigenvalue weighted by Crippen LogP contribution is 2.25. The number of ether oxygens (including phenoxy) is 2. The Morgan fingerprint density at radius 2 is 1.92 bits per heavy atom. The van der Waals surface area contributed by atoms with Crippen LogP contribution in [0, 0.1) is 0 Å². The van der Waals surface area contributed by atoms with Gasteiger partial charge in [0.25, 0.3) is 0 Å². The lowest BCUT2D eigenvalue weighted by Gasteiger charge is -2.33. The predicted molar refractivity (Wildman–Crippen MR) is 86.1 cm³/mol. The fourth-order valence-electron chi connectivity index (χ4n) is 2.81. The Morgan fingerprint density at radius 1 is 1.17 bits per heavy atom. The second-order valence-electron chi connectivity index (χ2n) is 5.71. The van der Waals surface area contributed by atoms with Crippen LogP contribution < -0.4 is 4.74 Å². The van der Waals surface area contributed by atoms with Crippen LogP contribution in [0.25, 0.3) is 0 Å². The van der Waals surface area contributed by atoms with Gasteiger partial charge in [-0.1, -0.05) is 12.1 Å². The second kappa shape index (κ2) is 8.17. The van der Waals surface area contributed by atoms with Crippen molar-refractivity contribution >= 4 is 0 Å². The van der Waals surface area contributed by atoms with E-state index in [4.69, 9.17) is 4.74 Å². The molecular weight excluding hydrogens is 314 g/mol. The molecule has 0 spiro atoms. The molecule has 0 saturated carbocycles. The molecule has 1 fully saturated rings. The fourth-order valence-corrected chi connectivity index (χ4v) is 2.81. The third-order valence-electron chi connectivity index (χ3n) is 4.09. The number of benzene rings is 1. The number of rotatable bonds is 6. The second-order valence-corrected chi connectivity index (χ2v) is 5.71. The van der Waals surface area contributed by atoms with E-state index in [9.17, 15) is 8.78 Å². The molecule has 3 rings (SSSR count). The van der Waals surface area contributed by atoms with E-state index in [1.165, 1.54) is 5.56 Å². The molecule has 24 heavy (non-hydrogen) atoms. The van der Waals surface area contributed by atoms with Crippen molar-refractivity contribution in [3.63, 3.8) is 0 Å². The summed E-state index contributed by atoms with van der Waals surface area (Å²) in [6.45, 7) is 0.506. The van der Waals surface area contributed by atoms with Gasteiger partial charge < -0.3 is 9.47 Å². The molecular formula is C18H20F2N2O2. The normalized spacial score (nSPS) is 18.7. The minimum Gasteiger partial charge on any atom is -0.435 e. The average Bonchev–Trinajstić information content (AvgIpc) is 2.61. The molecule has 0 radical (unpaired) electrons. The summed E-state index contributed by atoms with van der Waals surface area (Å²) in [6.07, 6.45) is 4.54. The number of morpholine rings is 1. The summed E-state index contributed by atoms with van der Waals surface area (Å²) >= 11 is 0. The van der Waals surface area contributed by atoms with Crippen molar-refractivity contribution in [3.05, 3.63) is 59.9 Å². The molecule has 2 aromatic rings. The van der Waals surface area contributed by atoms with Crippen LogP contribution >= 0.6 is 0 Å². The number of nitrogens with zero attached hydrogens (tertiary/aromatic N) is 2. The van der Waals surface area contributed by atoms with Crippen LogP contribution in [0.5, 0.6) is 5.75 Å². The van der Waals surface area contributed by atoms with Crippen LogP contribution in [0.4, 0.5) is 8.78 Å². The van der Waals surface area contributed by atoms with Crippen LogP contribution in [0.3, 0.4) is 0 Å². The van der Waals surface area contributed by atoms with Crippen molar-refractivity contribution in [1.29, 1.82) is 0 Å². The van der Waals surface area contributed by atoms with Gasteiger partial charge in [0, 0.05) is 32.0 Å². The summed E-state index contributed by atoms with van der Waals surface area (Å²) < 4.78 is 34.6. The molecule has 1 aliphatic rings. The van der Waals surface area contributed by atoms with E-state index < -0.39 is 6.61 Å². The first-order valence-corrected chi connectivity index (χ1v) is 7.98. The average molecular weight is 334 g/mol. The zero-order valence-corrected chi connectivity index (χ0v) is 13.3. The zero-order valence-electron chi connectivity index (χ0n) is 13.3. The predicted octanol–water partition coefficient (Wildman–Crippen LogP) is 3.30. The number of alkyl halides is 2. The van der Waals surface area contributed by atoms with Gasteiger partial charge in [0.15, 0.2) is 0 Å². The van der Waals surface area contributed by atoms with E-state index in [0.29, 0.717) is 6.61 Å². The fraction of sp³-hybridized carbons (Fsp3) is 0.389. The van der Waals surface area contributed by atoms with Gasteiger partial charge in [-0.3, -0.25) is 9.88 Å². The first kappa shape index (κ1) is 16.8. The van der Waals surface area contributed by atoms with Gasteiger partial charge >= 0.3 is 6.61 Å².